The minimum Gasteiger partial charge on any atom is -0.447 e. The Morgan fingerprint density at radius 1 is 1.39 bits per heavy atom. The second-order valence-electron chi connectivity index (χ2n) is 9.18. The Bertz CT molecular complexity index is 982. The van der Waals surface area contributed by atoms with Crippen molar-refractivity contribution in [2.45, 2.75) is 44.1 Å². The van der Waals surface area contributed by atoms with Crippen molar-refractivity contribution < 1.29 is 18.7 Å². The average molecular weight is 475 g/mol. The van der Waals surface area contributed by atoms with E-state index in [1.54, 1.807) is 7.11 Å². The summed E-state index contributed by atoms with van der Waals surface area (Å²) in [7, 11) is 4.33. The van der Waals surface area contributed by atoms with Crippen molar-refractivity contribution in [2.24, 2.45) is 15.9 Å². The van der Waals surface area contributed by atoms with Crippen molar-refractivity contribution in [3.63, 3.8) is 0 Å². The zero-order valence-corrected chi connectivity index (χ0v) is 20.5. The Morgan fingerprint density at radius 2 is 2.21 bits per heavy atom. The number of ether oxygens (including phenoxy) is 2. The molecule has 1 N–H and O–H groups in total. The molecule has 178 valence electrons. The van der Waals surface area contributed by atoms with Gasteiger partial charge in [0, 0.05) is 37.0 Å². The average Bonchev–Trinajstić information content (AvgIpc) is 3.20. The van der Waals surface area contributed by atoms with E-state index in [1.807, 2.05) is 19.9 Å². The van der Waals surface area contributed by atoms with Gasteiger partial charge in [-0.2, -0.15) is 0 Å². The molecule has 9 heteroatoms. The maximum Gasteiger partial charge on any atom is 0.407 e. The van der Waals surface area contributed by atoms with E-state index in [0.717, 1.165) is 24.3 Å². The van der Waals surface area contributed by atoms with Crippen molar-refractivity contribution in [1.82, 2.24) is 10.2 Å². The van der Waals surface area contributed by atoms with Crippen LogP contribution in [-0.4, -0.2) is 73.3 Å². The molecule has 0 aromatic carbocycles. The number of carbonyl (C=O) groups is 1. The molecule has 5 atom stereocenters. The Kier molecular flexibility index (Phi) is 7.27. The van der Waals surface area contributed by atoms with Gasteiger partial charge in [-0.15, -0.1) is 9.24 Å². The summed E-state index contributed by atoms with van der Waals surface area (Å²) in [5, 5.41) is 2.46. The molecule has 0 aromatic rings. The summed E-state index contributed by atoms with van der Waals surface area (Å²) >= 11 is 0. The molecule has 2 heterocycles. The zero-order valence-electron chi connectivity index (χ0n) is 19.4. The number of likely N-dealkylation sites (tertiary alicyclic amines) is 1. The third-order valence-electron chi connectivity index (χ3n) is 6.37. The van der Waals surface area contributed by atoms with E-state index in [9.17, 15) is 9.18 Å². The highest BCUT2D eigenvalue weighted by Gasteiger charge is 2.40. The molecular formula is C24H32FN4O3P. The van der Waals surface area contributed by atoms with Gasteiger partial charge in [-0.05, 0) is 37.5 Å². The van der Waals surface area contributed by atoms with Crippen molar-refractivity contribution >= 4 is 26.9 Å². The summed E-state index contributed by atoms with van der Waals surface area (Å²) in [5.41, 5.74) is 2.54. The second-order valence-corrected chi connectivity index (χ2v) is 10.5. The van der Waals surface area contributed by atoms with Crippen LogP contribution in [0, 0.1) is 5.92 Å². The zero-order chi connectivity index (χ0) is 23.6. The van der Waals surface area contributed by atoms with Gasteiger partial charge in [-0.1, -0.05) is 25.2 Å². The van der Waals surface area contributed by atoms with Crippen molar-refractivity contribution in [3.05, 3.63) is 47.4 Å². The Labute approximate surface area is 196 Å². The number of methoxy groups -OCH3 is 1. The Balaban J connectivity index is 1.56. The predicted octanol–water partition coefficient (Wildman–Crippen LogP) is 3.56. The number of rotatable bonds is 6. The van der Waals surface area contributed by atoms with E-state index in [2.05, 4.69) is 37.7 Å². The summed E-state index contributed by atoms with van der Waals surface area (Å²) in [6.45, 7) is 6.01. The lowest BCUT2D eigenvalue weighted by Gasteiger charge is -2.37. The molecule has 0 spiro atoms. The van der Waals surface area contributed by atoms with Gasteiger partial charge < -0.3 is 14.8 Å². The lowest BCUT2D eigenvalue weighted by atomic mass is 9.87. The highest BCUT2D eigenvalue weighted by atomic mass is 31.0. The maximum absolute atomic E-state index is 15.0. The van der Waals surface area contributed by atoms with E-state index in [0.29, 0.717) is 31.0 Å². The first kappa shape index (κ1) is 24.0. The highest BCUT2D eigenvalue weighted by Crippen LogP contribution is 2.40. The third kappa shape index (κ3) is 5.34. The number of nitrogens with zero attached hydrogens (tertiary/aromatic N) is 3. The summed E-state index contributed by atoms with van der Waals surface area (Å²) in [6.07, 6.45) is 10.5. The van der Waals surface area contributed by atoms with Crippen LogP contribution in [0.5, 0.6) is 0 Å². The van der Waals surface area contributed by atoms with E-state index < -0.39 is 11.2 Å². The molecule has 1 amide bonds. The molecule has 4 rings (SSSR count). The Hall–Kier alpha value is -2.15. The summed E-state index contributed by atoms with van der Waals surface area (Å²) in [4.78, 5) is 24.1. The van der Waals surface area contributed by atoms with Gasteiger partial charge in [0.05, 0.1) is 18.2 Å². The molecule has 0 radical (unpaired) electrons. The molecule has 33 heavy (non-hydrogen) atoms. The van der Waals surface area contributed by atoms with Crippen LogP contribution >= 0.6 is 9.24 Å². The summed E-state index contributed by atoms with van der Waals surface area (Å²) in [5.74, 6) is 0.162. The first-order valence-electron chi connectivity index (χ1n) is 11.3. The molecule has 2 aliphatic heterocycles. The van der Waals surface area contributed by atoms with Gasteiger partial charge >= 0.3 is 6.09 Å². The number of carbonyl (C=O) groups excluding carboxylic acids is 1. The maximum atomic E-state index is 15.0. The van der Waals surface area contributed by atoms with Crippen molar-refractivity contribution in [2.75, 3.05) is 33.4 Å². The van der Waals surface area contributed by atoms with E-state index >= 15 is 0 Å². The molecule has 7 nitrogen and oxygen atoms in total. The molecule has 0 aromatic heterocycles. The predicted molar refractivity (Wildman–Crippen MR) is 131 cm³/mol. The molecule has 4 aliphatic rings. The minimum absolute atomic E-state index is 0.0107. The van der Waals surface area contributed by atoms with Gasteiger partial charge in [0.25, 0.3) is 0 Å². The van der Waals surface area contributed by atoms with Crippen LogP contribution in [-0.2, 0) is 9.47 Å². The summed E-state index contributed by atoms with van der Waals surface area (Å²) in [6, 6.07) is -0.0357. The standard InChI is InChI=1S/C24H32FN4O3P/c1-15-6-7-17-19(13-15)27-21(20-18(25)5-4-9-24(20,2)33)28-22(17)29-10-8-16(14-29)26-23(30)32-12-11-31-3/h4-7,13,16-17,22H,8-12,14,33H2,1-3H3,(H,26,30)/t16-,17?,22?,24+/m1/s1. The van der Waals surface area contributed by atoms with Gasteiger partial charge in [0.2, 0.25) is 0 Å². The van der Waals surface area contributed by atoms with Gasteiger partial charge in [0.1, 0.15) is 18.6 Å². The number of aliphatic imine (C=N–C) groups is 2. The first-order chi connectivity index (χ1) is 15.8. The van der Waals surface area contributed by atoms with E-state index in [-0.39, 0.29) is 30.6 Å². The molecular weight excluding hydrogens is 442 g/mol. The number of amidine groups is 1. The molecule has 1 saturated heterocycles. The highest BCUT2D eigenvalue weighted by molar-refractivity contribution is 7.19. The fraction of sp³-hybridized carbons (Fsp3) is 0.542. The van der Waals surface area contributed by atoms with Crippen LogP contribution in [0.1, 0.15) is 26.7 Å². The van der Waals surface area contributed by atoms with E-state index in [1.165, 1.54) is 6.08 Å². The monoisotopic (exact) mass is 474 g/mol. The van der Waals surface area contributed by atoms with E-state index in [4.69, 9.17) is 19.5 Å². The number of fused-ring (bicyclic) bond motifs is 1. The number of nitrogens with one attached hydrogen (secondary N) is 1. The van der Waals surface area contributed by atoms with Crippen LogP contribution in [0.15, 0.2) is 57.3 Å². The fourth-order valence-corrected chi connectivity index (χ4v) is 5.08. The smallest absolute Gasteiger partial charge is 0.407 e. The van der Waals surface area contributed by atoms with Gasteiger partial charge in [-0.3, -0.25) is 4.90 Å². The van der Waals surface area contributed by atoms with Crippen LogP contribution in [0.2, 0.25) is 0 Å². The molecule has 2 aliphatic carbocycles. The quantitative estimate of drug-likeness (QED) is 0.472. The lowest BCUT2D eigenvalue weighted by molar-refractivity contribution is 0.0962. The number of alkyl carbamates (subject to hydrolysis) is 1. The molecule has 0 saturated carbocycles. The van der Waals surface area contributed by atoms with Crippen molar-refractivity contribution in [1.29, 1.82) is 0 Å². The number of hydrogen-bond acceptors (Lipinski definition) is 6. The number of hydrogen-bond donors (Lipinski definition) is 1. The molecule has 0 bridgehead atoms. The second kappa shape index (κ2) is 10.00. The number of amides is 1. The number of allylic oxidation sites excluding steroid dienone is 6. The first-order valence-corrected chi connectivity index (χ1v) is 11.9. The summed E-state index contributed by atoms with van der Waals surface area (Å²) < 4.78 is 25.0. The topological polar surface area (TPSA) is 75.5 Å². The largest absolute Gasteiger partial charge is 0.447 e. The third-order valence-corrected chi connectivity index (χ3v) is 6.89. The van der Waals surface area contributed by atoms with Gasteiger partial charge in [0.15, 0.2) is 5.84 Å². The molecule has 1 fully saturated rings. The van der Waals surface area contributed by atoms with Crippen molar-refractivity contribution in [3.8, 4) is 0 Å². The molecule has 3 unspecified atom stereocenters. The minimum atomic E-state index is -0.469. The van der Waals surface area contributed by atoms with Crippen LogP contribution < -0.4 is 5.32 Å². The number of halogens is 1. The SMILES string of the molecule is COCCOC(=O)N[C@@H]1CCN(C2N=C(C3=C(F)C=CC[C@]3(C)P)N=C3C=C(C)C=CC32)C1. The van der Waals surface area contributed by atoms with Gasteiger partial charge in [-0.25, -0.2) is 19.2 Å². The van der Waals surface area contributed by atoms with Crippen LogP contribution in [0.3, 0.4) is 0 Å². The lowest BCUT2D eigenvalue weighted by Crippen LogP contribution is -2.46. The Morgan fingerprint density at radius 3 is 2.97 bits per heavy atom. The fourth-order valence-electron chi connectivity index (χ4n) is 4.68. The van der Waals surface area contributed by atoms with Crippen LogP contribution in [0.4, 0.5) is 9.18 Å². The van der Waals surface area contributed by atoms with Crippen LogP contribution in [0.25, 0.3) is 0 Å². The normalized spacial score (nSPS) is 31.7.